The number of anilines is 1. The number of carbonyl (C=O) groups excluding carboxylic acids is 2. The normalized spacial score (nSPS) is 16.3. The Labute approximate surface area is 133 Å². The molecule has 1 aromatic carbocycles. The first-order chi connectivity index (χ1) is 11.0. The Hall–Kier alpha value is -2.70. The molecule has 0 unspecified atom stereocenters. The summed E-state index contributed by atoms with van der Waals surface area (Å²) >= 11 is 0. The third kappa shape index (κ3) is 3.39. The van der Waals surface area contributed by atoms with Crippen molar-refractivity contribution in [3.05, 3.63) is 41.2 Å². The molecule has 0 fully saturated rings. The zero-order chi connectivity index (χ0) is 16.4. The van der Waals surface area contributed by atoms with E-state index in [1.807, 2.05) is 18.2 Å². The quantitative estimate of drug-likeness (QED) is 0.784. The van der Waals surface area contributed by atoms with Gasteiger partial charge in [-0.3, -0.25) is 20.0 Å². The van der Waals surface area contributed by atoms with Crippen molar-refractivity contribution in [3.8, 4) is 0 Å². The number of nitrogens with one attached hydrogen (secondary N) is 3. The molecule has 2 heterocycles. The van der Waals surface area contributed by atoms with Crippen LogP contribution in [0.25, 0.3) is 0 Å². The van der Waals surface area contributed by atoms with Gasteiger partial charge in [-0.1, -0.05) is 32.0 Å². The molecule has 0 bridgehead atoms. The van der Waals surface area contributed by atoms with Crippen molar-refractivity contribution in [1.82, 2.24) is 20.5 Å². The van der Waals surface area contributed by atoms with Crippen LogP contribution in [0, 0.1) is 5.92 Å². The van der Waals surface area contributed by atoms with Crippen LogP contribution >= 0.6 is 0 Å². The summed E-state index contributed by atoms with van der Waals surface area (Å²) in [5.41, 5.74) is 1.48. The van der Waals surface area contributed by atoms with Crippen molar-refractivity contribution in [1.29, 1.82) is 0 Å². The minimum absolute atomic E-state index is 0.143. The SMILES string of the molecule is CC(C)Cc1nc(NC(=O)C[C@H]2NC(=O)c3ccccc32)n[nH]1. The lowest BCUT2D eigenvalue weighted by molar-refractivity contribution is -0.116. The first kappa shape index (κ1) is 15.2. The van der Waals surface area contributed by atoms with Crippen molar-refractivity contribution in [3.63, 3.8) is 0 Å². The largest absolute Gasteiger partial charge is 0.345 e. The van der Waals surface area contributed by atoms with Crippen molar-refractivity contribution in [2.24, 2.45) is 5.92 Å². The summed E-state index contributed by atoms with van der Waals surface area (Å²) in [5.74, 6) is 1.09. The van der Waals surface area contributed by atoms with Gasteiger partial charge in [0.15, 0.2) is 0 Å². The summed E-state index contributed by atoms with van der Waals surface area (Å²) in [6.07, 6.45) is 0.922. The average molecular weight is 313 g/mol. The molecule has 0 saturated heterocycles. The lowest BCUT2D eigenvalue weighted by Gasteiger charge is -2.10. The number of aromatic nitrogens is 3. The van der Waals surface area contributed by atoms with Crippen LogP contribution in [0.15, 0.2) is 24.3 Å². The number of rotatable bonds is 5. The highest BCUT2D eigenvalue weighted by molar-refractivity contribution is 6.00. The smallest absolute Gasteiger partial charge is 0.252 e. The number of H-pyrrole nitrogens is 1. The van der Waals surface area contributed by atoms with Crippen LogP contribution in [0.3, 0.4) is 0 Å². The van der Waals surface area contributed by atoms with Gasteiger partial charge in [0, 0.05) is 12.0 Å². The van der Waals surface area contributed by atoms with Crippen molar-refractivity contribution in [2.45, 2.75) is 32.7 Å². The van der Waals surface area contributed by atoms with Crippen LogP contribution in [0.4, 0.5) is 5.95 Å². The molecule has 7 heteroatoms. The number of hydrogen-bond donors (Lipinski definition) is 3. The van der Waals surface area contributed by atoms with E-state index in [0.717, 1.165) is 17.8 Å². The Morgan fingerprint density at radius 3 is 2.91 bits per heavy atom. The van der Waals surface area contributed by atoms with Crippen molar-refractivity contribution < 1.29 is 9.59 Å². The fourth-order valence-electron chi connectivity index (χ4n) is 2.67. The van der Waals surface area contributed by atoms with Crippen LogP contribution in [-0.4, -0.2) is 27.0 Å². The van der Waals surface area contributed by atoms with E-state index in [0.29, 0.717) is 11.5 Å². The summed E-state index contributed by atoms with van der Waals surface area (Å²) in [5, 5.41) is 12.3. The van der Waals surface area contributed by atoms with E-state index in [1.165, 1.54) is 0 Å². The van der Waals surface area contributed by atoms with E-state index in [2.05, 4.69) is 39.7 Å². The van der Waals surface area contributed by atoms with Crippen LogP contribution < -0.4 is 10.6 Å². The minimum atomic E-state index is -0.312. The molecule has 1 aromatic heterocycles. The van der Waals surface area contributed by atoms with E-state index in [-0.39, 0.29) is 30.2 Å². The Balaban J connectivity index is 1.62. The maximum atomic E-state index is 12.2. The lowest BCUT2D eigenvalue weighted by Crippen LogP contribution is -2.24. The van der Waals surface area contributed by atoms with Crippen LogP contribution in [-0.2, 0) is 11.2 Å². The van der Waals surface area contributed by atoms with Gasteiger partial charge in [-0.2, -0.15) is 4.98 Å². The predicted molar refractivity (Wildman–Crippen MR) is 84.8 cm³/mol. The molecule has 23 heavy (non-hydrogen) atoms. The highest BCUT2D eigenvalue weighted by Gasteiger charge is 2.29. The number of benzene rings is 1. The second kappa shape index (κ2) is 6.20. The molecule has 1 aliphatic heterocycles. The molecule has 2 amide bonds. The van der Waals surface area contributed by atoms with Gasteiger partial charge in [0.2, 0.25) is 11.9 Å². The van der Waals surface area contributed by atoms with Crippen molar-refractivity contribution >= 4 is 17.8 Å². The second-order valence-corrected chi connectivity index (χ2v) is 6.07. The molecule has 120 valence electrons. The summed E-state index contributed by atoms with van der Waals surface area (Å²) < 4.78 is 0. The Morgan fingerprint density at radius 2 is 2.13 bits per heavy atom. The average Bonchev–Trinajstić information content (AvgIpc) is 3.04. The molecule has 7 nitrogen and oxygen atoms in total. The van der Waals surface area contributed by atoms with Gasteiger partial charge >= 0.3 is 0 Å². The predicted octanol–water partition coefficient (Wildman–Crippen LogP) is 1.82. The molecular weight excluding hydrogens is 294 g/mol. The second-order valence-electron chi connectivity index (χ2n) is 6.07. The summed E-state index contributed by atoms with van der Waals surface area (Å²) in [6.45, 7) is 4.17. The summed E-state index contributed by atoms with van der Waals surface area (Å²) in [7, 11) is 0. The van der Waals surface area contributed by atoms with Gasteiger partial charge in [0.05, 0.1) is 12.5 Å². The molecule has 0 aliphatic carbocycles. The summed E-state index contributed by atoms with van der Waals surface area (Å²) in [6, 6.07) is 6.98. The van der Waals surface area contributed by atoms with Crippen LogP contribution in [0.2, 0.25) is 0 Å². The van der Waals surface area contributed by atoms with E-state index in [1.54, 1.807) is 6.07 Å². The molecule has 2 aromatic rings. The topological polar surface area (TPSA) is 99.8 Å². The Morgan fingerprint density at radius 1 is 1.35 bits per heavy atom. The maximum absolute atomic E-state index is 12.2. The monoisotopic (exact) mass is 313 g/mol. The van der Waals surface area contributed by atoms with Crippen molar-refractivity contribution in [2.75, 3.05) is 5.32 Å². The molecule has 1 atom stereocenters. The first-order valence-electron chi connectivity index (χ1n) is 7.64. The van der Waals surface area contributed by atoms with Gasteiger partial charge in [0.1, 0.15) is 5.82 Å². The zero-order valence-corrected chi connectivity index (χ0v) is 13.1. The zero-order valence-electron chi connectivity index (χ0n) is 13.1. The van der Waals surface area contributed by atoms with Crippen LogP contribution in [0.1, 0.15) is 48.1 Å². The number of carbonyl (C=O) groups is 2. The first-order valence-corrected chi connectivity index (χ1v) is 7.64. The number of fused-ring (bicyclic) bond motifs is 1. The van der Waals surface area contributed by atoms with Gasteiger partial charge in [-0.15, -0.1) is 5.10 Å². The standard InChI is InChI=1S/C16H19N5O2/c1-9(2)7-13-18-16(21-20-13)19-14(22)8-12-10-5-3-4-6-11(10)15(23)17-12/h3-6,9,12H,7-8H2,1-2H3,(H,17,23)(H2,18,19,20,21,22)/t12-/m1/s1. The third-order valence-corrected chi connectivity index (χ3v) is 3.66. The van der Waals surface area contributed by atoms with E-state index in [9.17, 15) is 9.59 Å². The van der Waals surface area contributed by atoms with Crippen LogP contribution in [0.5, 0.6) is 0 Å². The number of hydrogen-bond acceptors (Lipinski definition) is 4. The third-order valence-electron chi connectivity index (χ3n) is 3.66. The molecule has 0 saturated carbocycles. The Kier molecular flexibility index (Phi) is 4.10. The molecule has 1 aliphatic rings. The number of nitrogens with zero attached hydrogens (tertiary/aromatic N) is 2. The number of aromatic amines is 1. The number of amides is 2. The minimum Gasteiger partial charge on any atom is -0.345 e. The van der Waals surface area contributed by atoms with Gasteiger partial charge < -0.3 is 5.32 Å². The maximum Gasteiger partial charge on any atom is 0.252 e. The van der Waals surface area contributed by atoms with Gasteiger partial charge in [-0.05, 0) is 17.5 Å². The van der Waals surface area contributed by atoms with E-state index in [4.69, 9.17) is 0 Å². The molecular formula is C16H19N5O2. The van der Waals surface area contributed by atoms with E-state index >= 15 is 0 Å². The van der Waals surface area contributed by atoms with Gasteiger partial charge in [0.25, 0.3) is 5.91 Å². The fourth-order valence-corrected chi connectivity index (χ4v) is 2.67. The fraction of sp³-hybridized carbons (Fsp3) is 0.375. The highest BCUT2D eigenvalue weighted by Crippen LogP contribution is 2.27. The molecule has 0 spiro atoms. The molecule has 0 radical (unpaired) electrons. The van der Waals surface area contributed by atoms with E-state index < -0.39 is 0 Å². The molecule has 3 N–H and O–H groups in total. The highest BCUT2D eigenvalue weighted by atomic mass is 16.2. The lowest BCUT2D eigenvalue weighted by atomic mass is 10.0. The summed E-state index contributed by atoms with van der Waals surface area (Å²) in [4.78, 5) is 28.2. The Bertz CT molecular complexity index is 738. The molecule has 3 rings (SSSR count). The van der Waals surface area contributed by atoms with Gasteiger partial charge in [-0.25, -0.2) is 0 Å².